The van der Waals surface area contributed by atoms with Gasteiger partial charge in [0.2, 0.25) is 0 Å². The van der Waals surface area contributed by atoms with E-state index in [9.17, 15) is 9.90 Å². The predicted molar refractivity (Wildman–Crippen MR) is 132 cm³/mol. The molecule has 2 aliphatic heterocycles. The molecule has 3 aromatic rings. The average Bonchev–Trinajstić information content (AvgIpc) is 3.54. The number of aromatic amines is 1. The van der Waals surface area contributed by atoms with Crippen LogP contribution in [0.3, 0.4) is 0 Å². The van der Waals surface area contributed by atoms with Crippen molar-refractivity contribution in [2.45, 2.75) is 58.3 Å². The summed E-state index contributed by atoms with van der Waals surface area (Å²) < 4.78 is 19.0. The van der Waals surface area contributed by atoms with Crippen molar-refractivity contribution in [3.63, 3.8) is 0 Å². The molecule has 0 saturated carbocycles. The zero-order valence-electron chi connectivity index (χ0n) is 20.9. The van der Waals surface area contributed by atoms with E-state index in [2.05, 4.69) is 39.3 Å². The lowest BCUT2D eigenvalue weighted by Gasteiger charge is -2.33. The molecular formula is C25H34N6O5. The third-order valence-corrected chi connectivity index (χ3v) is 6.81. The highest BCUT2D eigenvalue weighted by molar-refractivity contribution is 5.83. The highest BCUT2D eigenvalue weighted by atomic mass is 16.6. The van der Waals surface area contributed by atoms with Gasteiger partial charge in [0.15, 0.2) is 17.3 Å². The molecule has 2 atom stereocenters. The number of aliphatic hydroxyl groups is 1. The highest BCUT2D eigenvalue weighted by Crippen LogP contribution is 2.34. The van der Waals surface area contributed by atoms with E-state index < -0.39 is 0 Å². The van der Waals surface area contributed by atoms with Crippen molar-refractivity contribution in [1.29, 1.82) is 0 Å². The Labute approximate surface area is 209 Å². The fourth-order valence-electron chi connectivity index (χ4n) is 5.13. The van der Waals surface area contributed by atoms with Gasteiger partial charge >= 0.3 is 0 Å². The quantitative estimate of drug-likeness (QED) is 0.432. The SMILES string of the molecule is CC(C)C(c1nnnn1CC1CCCO1)N(CCCO)Cc1cc2cc3c(cc2[nH]c1=O)OCCO3. The molecule has 11 heteroatoms. The van der Waals surface area contributed by atoms with Crippen LogP contribution in [0.4, 0.5) is 0 Å². The van der Waals surface area contributed by atoms with Crippen LogP contribution in [-0.4, -0.2) is 74.3 Å². The van der Waals surface area contributed by atoms with Gasteiger partial charge in [0.05, 0.1) is 24.2 Å². The number of pyridine rings is 1. The molecule has 0 amide bonds. The summed E-state index contributed by atoms with van der Waals surface area (Å²) in [4.78, 5) is 18.3. The van der Waals surface area contributed by atoms with Crippen molar-refractivity contribution in [3.05, 3.63) is 39.9 Å². The van der Waals surface area contributed by atoms with E-state index >= 15 is 0 Å². The monoisotopic (exact) mass is 498 g/mol. The van der Waals surface area contributed by atoms with Crippen molar-refractivity contribution < 1.29 is 19.3 Å². The summed E-state index contributed by atoms with van der Waals surface area (Å²) in [5.74, 6) is 2.22. The number of benzene rings is 1. The Bertz CT molecular complexity index is 1240. The van der Waals surface area contributed by atoms with E-state index in [0.29, 0.717) is 61.8 Å². The van der Waals surface area contributed by atoms with Crippen LogP contribution in [0.15, 0.2) is 23.0 Å². The number of nitrogens with one attached hydrogen (secondary N) is 1. The minimum atomic E-state index is -0.158. The third-order valence-electron chi connectivity index (χ3n) is 6.81. The summed E-state index contributed by atoms with van der Waals surface area (Å²) in [6.07, 6.45) is 2.71. The maximum absolute atomic E-state index is 13.1. The normalized spacial score (nSPS) is 18.4. The van der Waals surface area contributed by atoms with Gasteiger partial charge in [-0.2, -0.15) is 0 Å². The molecule has 2 N–H and O–H groups in total. The lowest BCUT2D eigenvalue weighted by molar-refractivity contribution is 0.0851. The Kier molecular flexibility index (Phi) is 7.49. The van der Waals surface area contributed by atoms with Gasteiger partial charge < -0.3 is 24.3 Å². The van der Waals surface area contributed by atoms with Gasteiger partial charge in [0.25, 0.3) is 5.56 Å². The number of hydrogen-bond donors (Lipinski definition) is 2. The number of hydrogen-bond acceptors (Lipinski definition) is 9. The van der Waals surface area contributed by atoms with Crippen molar-refractivity contribution >= 4 is 10.9 Å². The number of tetrazole rings is 1. The van der Waals surface area contributed by atoms with Gasteiger partial charge in [0, 0.05) is 43.3 Å². The van der Waals surface area contributed by atoms with Crippen LogP contribution in [0.25, 0.3) is 10.9 Å². The molecule has 0 aliphatic carbocycles. The summed E-state index contributed by atoms with van der Waals surface area (Å²) >= 11 is 0. The van der Waals surface area contributed by atoms with Gasteiger partial charge in [-0.05, 0) is 47.7 Å². The van der Waals surface area contributed by atoms with Gasteiger partial charge in [-0.1, -0.05) is 13.8 Å². The summed E-state index contributed by atoms with van der Waals surface area (Å²) in [7, 11) is 0. The van der Waals surface area contributed by atoms with Crippen LogP contribution in [0.2, 0.25) is 0 Å². The van der Waals surface area contributed by atoms with Crippen molar-refractivity contribution in [2.75, 3.05) is 33.0 Å². The molecular weight excluding hydrogens is 464 g/mol. The Morgan fingerprint density at radius 1 is 1.19 bits per heavy atom. The van der Waals surface area contributed by atoms with Gasteiger partial charge in [-0.3, -0.25) is 9.69 Å². The zero-order valence-corrected chi connectivity index (χ0v) is 20.9. The number of nitrogens with zero attached hydrogens (tertiary/aromatic N) is 5. The van der Waals surface area contributed by atoms with Crippen molar-refractivity contribution in [1.82, 2.24) is 30.1 Å². The summed E-state index contributed by atoms with van der Waals surface area (Å²) in [5.41, 5.74) is 1.17. The topological polar surface area (TPSA) is 128 Å². The molecule has 0 spiro atoms. The second-order valence-electron chi connectivity index (χ2n) is 9.80. The molecule has 11 nitrogen and oxygen atoms in total. The number of ether oxygens (including phenoxy) is 3. The van der Waals surface area contributed by atoms with Crippen LogP contribution < -0.4 is 15.0 Å². The van der Waals surface area contributed by atoms with E-state index in [-0.39, 0.29) is 30.2 Å². The first-order chi connectivity index (χ1) is 17.5. The number of aromatic nitrogens is 5. The summed E-state index contributed by atoms with van der Waals surface area (Å²) in [5, 5.41) is 23.1. The van der Waals surface area contributed by atoms with Crippen LogP contribution >= 0.6 is 0 Å². The molecule has 0 bridgehead atoms. The van der Waals surface area contributed by atoms with Crippen molar-refractivity contribution in [2.24, 2.45) is 5.92 Å². The molecule has 5 rings (SSSR count). The molecule has 0 radical (unpaired) electrons. The fraction of sp³-hybridized carbons (Fsp3) is 0.600. The number of rotatable bonds is 10. The molecule has 1 fully saturated rings. The largest absolute Gasteiger partial charge is 0.486 e. The number of H-pyrrole nitrogens is 1. The maximum atomic E-state index is 13.1. The molecule has 2 unspecified atom stereocenters. The van der Waals surface area contributed by atoms with Gasteiger partial charge in [-0.25, -0.2) is 4.68 Å². The maximum Gasteiger partial charge on any atom is 0.252 e. The molecule has 2 aliphatic rings. The van der Waals surface area contributed by atoms with Crippen LogP contribution in [0, 0.1) is 5.92 Å². The molecule has 4 heterocycles. The Morgan fingerprint density at radius 3 is 2.72 bits per heavy atom. The highest BCUT2D eigenvalue weighted by Gasteiger charge is 2.31. The van der Waals surface area contributed by atoms with Crippen LogP contribution in [-0.2, 0) is 17.8 Å². The predicted octanol–water partition coefficient (Wildman–Crippen LogP) is 2.05. The summed E-state index contributed by atoms with van der Waals surface area (Å²) in [6, 6.07) is 5.48. The van der Waals surface area contributed by atoms with E-state index in [1.807, 2.05) is 22.9 Å². The van der Waals surface area contributed by atoms with Gasteiger partial charge in [-0.15, -0.1) is 5.10 Å². The first-order valence-electron chi connectivity index (χ1n) is 12.7. The number of fused-ring (bicyclic) bond motifs is 2. The molecule has 194 valence electrons. The lowest BCUT2D eigenvalue weighted by Crippen LogP contribution is -2.37. The first kappa shape index (κ1) is 24.7. The van der Waals surface area contributed by atoms with Crippen LogP contribution in [0.5, 0.6) is 11.5 Å². The standard InChI is InChI=1S/C25H34N6O5/c1-16(2)23(24-27-28-29-31(24)15-19-5-3-8-34-19)30(6-4-7-32)14-18-11-17-12-21-22(36-10-9-35-21)13-20(17)26-25(18)33/h11-13,16,19,23,32H,3-10,14-15H2,1-2H3,(H,26,33). The molecule has 2 aromatic heterocycles. The third kappa shape index (κ3) is 5.23. The molecule has 36 heavy (non-hydrogen) atoms. The second kappa shape index (κ2) is 10.9. The summed E-state index contributed by atoms with van der Waals surface area (Å²) in [6.45, 7) is 7.63. The van der Waals surface area contributed by atoms with E-state index in [0.717, 1.165) is 30.7 Å². The number of aliphatic hydroxyl groups excluding tert-OH is 1. The smallest absolute Gasteiger partial charge is 0.252 e. The zero-order chi connectivity index (χ0) is 25.1. The lowest BCUT2D eigenvalue weighted by atomic mass is 10.00. The van der Waals surface area contributed by atoms with Crippen molar-refractivity contribution in [3.8, 4) is 11.5 Å². The van der Waals surface area contributed by atoms with E-state index in [1.54, 1.807) is 0 Å². The van der Waals surface area contributed by atoms with Crippen LogP contribution in [0.1, 0.15) is 50.5 Å². The fourth-order valence-corrected chi connectivity index (χ4v) is 5.13. The molecule has 1 saturated heterocycles. The van der Waals surface area contributed by atoms with E-state index in [4.69, 9.17) is 14.2 Å². The Balaban J connectivity index is 1.47. The molecule has 1 aromatic carbocycles. The second-order valence-corrected chi connectivity index (χ2v) is 9.80. The first-order valence-corrected chi connectivity index (χ1v) is 12.7. The Morgan fingerprint density at radius 2 is 2.00 bits per heavy atom. The minimum Gasteiger partial charge on any atom is -0.486 e. The van der Waals surface area contributed by atoms with E-state index in [1.165, 1.54) is 0 Å². The minimum absolute atomic E-state index is 0.0553. The Hall–Kier alpha value is -3.02. The average molecular weight is 499 g/mol. The van der Waals surface area contributed by atoms with Gasteiger partial charge in [0.1, 0.15) is 13.2 Å².